The summed E-state index contributed by atoms with van der Waals surface area (Å²) in [5, 5.41) is 11.3. The van der Waals surface area contributed by atoms with Crippen molar-refractivity contribution in [3.63, 3.8) is 0 Å². The zero-order valence-corrected chi connectivity index (χ0v) is 10.8. The average molecular weight is 247 g/mol. The summed E-state index contributed by atoms with van der Waals surface area (Å²) in [5.41, 5.74) is 0. The fraction of sp³-hybridized carbons (Fsp3) is 0.818. The van der Waals surface area contributed by atoms with Gasteiger partial charge in [-0.3, -0.25) is 4.79 Å². The van der Waals surface area contributed by atoms with Crippen LogP contribution in [0.25, 0.3) is 0 Å². The topological polar surface area (TPSA) is 66.4 Å². The first kappa shape index (κ1) is 15.3. The van der Waals surface area contributed by atoms with Gasteiger partial charge in [-0.25, -0.2) is 4.79 Å². The number of nitrogens with one attached hydrogen (secondary N) is 1. The Morgan fingerprint density at radius 1 is 1.31 bits per heavy atom. The monoisotopic (exact) mass is 247 g/mol. The molecule has 0 saturated heterocycles. The predicted molar refractivity (Wildman–Crippen MR) is 66.7 cm³/mol. The van der Waals surface area contributed by atoms with Crippen LogP contribution < -0.4 is 5.32 Å². The molecule has 0 rings (SSSR count). The number of hydrogen-bond acceptors (Lipinski definition) is 3. The van der Waals surface area contributed by atoms with Gasteiger partial charge in [0.2, 0.25) is 5.91 Å². The van der Waals surface area contributed by atoms with Gasteiger partial charge in [-0.2, -0.15) is 11.8 Å². The molecule has 0 aromatic rings. The molecule has 1 unspecified atom stereocenters. The van der Waals surface area contributed by atoms with E-state index < -0.39 is 12.0 Å². The van der Waals surface area contributed by atoms with E-state index in [9.17, 15) is 9.59 Å². The van der Waals surface area contributed by atoms with Gasteiger partial charge in [0.25, 0.3) is 0 Å². The maximum atomic E-state index is 10.8. The number of carbonyl (C=O) groups excluding carboxylic acids is 1. The highest BCUT2D eigenvalue weighted by Gasteiger charge is 2.17. The van der Waals surface area contributed by atoms with E-state index in [1.807, 2.05) is 0 Å². The van der Waals surface area contributed by atoms with Crippen molar-refractivity contribution >= 4 is 23.6 Å². The molecular formula is C11H21NO3S. The lowest BCUT2D eigenvalue weighted by molar-refractivity contribution is -0.141. The normalized spacial score (nSPS) is 12.1. The molecule has 0 aromatic heterocycles. The Morgan fingerprint density at radius 3 is 2.50 bits per heavy atom. The highest BCUT2D eigenvalue weighted by atomic mass is 32.2. The fourth-order valence-electron chi connectivity index (χ4n) is 1.26. The van der Waals surface area contributed by atoms with Crippen molar-refractivity contribution in [2.24, 2.45) is 0 Å². The van der Waals surface area contributed by atoms with Crippen LogP contribution in [0.3, 0.4) is 0 Å². The first-order valence-corrected chi connectivity index (χ1v) is 6.81. The smallest absolute Gasteiger partial charge is 0.326 e. The Morgan fingerprint density at radius 2 is 2.00 bits per heavy atom. The van der Waals surface area contributed by atoms with Crippen LogP contribution in [0, 0.1) is 0 Å². The molecule has 16 heavy (non-hydrogen) atoms. The zero-order chi connectivity index (χ0) is 12.4. The molecule has 0 radical (unpaired) electrons. The molecule has 0 bridgehead atoms. The van der Waals surface area contributed by atoms with Crippen LogP contribution in [0.4, 0.5) is 0 Å². The number of carboxylic acid groups (broad SMARTS) is 1. The van der Waals surface area contributed by atoms with E-state index in [0.29, 0.717) is 6.42 Å². The number of unbranched alkanes of at least 4 members (excludes halogenated alkanes) is 2. The molecule has 0 aromatic carbocycles. The number of rotatable bonds is 9. The van der Waals surface area contributed by atoms with Crippen molar-refractivity contribution in [1.82, 2.24) is 5.32 Å². The van der Waals surface area contributed by atoms with Crippen LogP contribution >= 0.6 is 11.8 Å². The highest BCUT2D eigenvalue weighted by Crippen LogP contribution is 2.09. The van der Waals surface area contributed by atoms with E-state index in [-0.39, 0.29) is 5.91 Å². The number of amides is 1. The number of carbonyl (C=O) groups is 2. The maximum Gasteiger partial charge on any atom is 0.326 e. The quantitative estimate of drug-likeness (QED) is 0.611. The Balaban J connectivity index is 3.60. The lowest BCUT2D eigenvalue weighted by atomic mass is 10.2. The van der Waals surface area contributed by atoms with Crippen LogP contribution in [0.15, 0.2) is 0 Å². The Kier molecular flexibility index (Phi) is 9.09. The number of hydrogen-bond donors (Lipinski definition) is 2. The zero-order valence-electron chi connectivity index (χ0n) is 9.99. The Bertz CT molecular complexity index is 221. The summed E-state index contributed by atoms with van der Waals surface area (Å²) in [6.45, 7) is 3.49. The van der Waals surface area contributed by atoms with Crippen LogP contribution in [-0.4, -0.2) is 34.5 Å². The molecule has 0 heterocycles. The van der Waals surface area contributed by atoms with Gasteiger partial charge >= 0.3 is 5.97 Å². The second kappa shape index (κ2) is 9.51. The van der Waals surface area contributed by atoms with Crippen LogP contribution in [0.2, 0.25) is 0 Å². The molecule has 1 amide bonds. The van der Waals surface area contributed by atoms with Gasteiger partial charge < -0.3 is 10.4 Å². The number of thioether (sulfide) groups is 1. The summed E-state index contributed by atoms with van der Waals surface area (Å²) in [4.78, 5) is 21.5. The highest BCUT2D eigenvalue weighted by molar-refractivity contribution is 7.99. The molecule has 94 valence electrons. The summed E-state index contributed by atoms with van der Waals surface area (Å²) < 4.78 is 0. The van der Waals surface area contributed by atoms with E-state index in [1.165, 1.54) is 26.2 Å². The second-order valence-electron chi connectivity index (χ2n) is 3.70. The first-order valence-electron chi connectivity index (χ1n) is 5.65. The van der Waals surface area contributed by atoms with E-state index >= 15 is 0 Å². The molecular weight excluding hydrogens is 226 g/mol. The van der Waals surface area contributed by atoms with Crippen LogP contribution in [-0.2, 0) is 9.59 Å². The standard InChI is InChI=1S/C11H21NO3S/c1-3-4-5-7-16-8-6-10(11(14)15)12-9(2)13/h10H,3-8H2,1-2H3,(H,12,13)(H,14,15). The molecule has 1 atom stereocenters. The van der Waals surface area contributed by atoms with Gasteiger partial charge in [0.05, 0.1) is 0 Å². The predicted octanol–water partition coefficient (Wildman–Crippen LogP) is 1.89. The van der Waals surface area contributed by atoms with E-state index in [2.05, 4.69) is 12.2 Å². The average Bonchev–Trinajstić information content (AvgIpc) is 2.20. The Labute approximate surface area is 101 Å². The third kappa shape index (κ3) is 8.59. The van der Waals surface area contributed by atoms with Crippen molar-refractivity contribution in [3.05, 3.63) is 0 Å². The van der Waals surface area contributed by atoms with Crippen molar-refractivity contribution in [3.8, 4) is 0 Å². The molecule has 0 spiro atoms. The lowest BCUT2D eigenvalue weighted by Crippen LogP contribution is -2.39. The number of aliphatic carboxylic acids is 1. The van der Waals surface area contributed by atoms with Crippen molar-refractivity contribution in [2.45, 2.75) is 45.6 Å². The molecule has 4 nitrogen and oxygen atoms in total. The van der Waals surface area contributed by atoms with Gasteiger partial charge in [-0.05, 0) is 24.3 Å². The molecule has 0 aliphatic heterocycles. The van der Waals surface area contributed by atoms with Gasteiger partial charge in [0, 0.05) is 6.92 Å². The molecule has 0 aliphatic rings. The first-order chi connectivity index (χ1) is 7.57. The van der Waals surface area contributed by atoms with Crippen LogP contribution in [0.5, 0.6) is 0 Å². The Hall–Kier alpha value is -0.710. The van der Waals surface area contributed by atoms with Gasteiger partial charge in [0.1, 0.15) is 6.04 Å². The van der Waals surface area contributed by atoms with Crippen molar-refractivity contribution in [1.29, 1.82) is 0 Å². The maximum absolute atomic E-state index is 10.8. The van der Waals surface area contributed by atoms with Gasteiger partial charge in [-0.15, -0.1) is 0 Å². The summed E-state index contributed by atoms with van der Waals surface area (Å²) >= 11 is 1.75. The molecule has 0 saturated carbocycles. The fourth-order valence-corrected chi connectivity index (χ4v) is 2.27. The van der Waals surface area contributed by atoms with Crippen molar-refractivity contribution in [2.75, 3.05) is 11.5 Å². The van der Waals surface area contributed by atoms with Crippen molar-refractivity contribution < 1.29 is 14.7 Å². The molecule has 2 N–H and O–H groups in total. The SMILES string of the molecule is CCCCCSCCC(NC(C)=O)C(=O)O. The lowest BCUT2D eigenvalue weighted by Gasteiger charge is -2.12. The molecule has 0 fully saturated rings. The van der Waals surface area contributed by atoms with E-state index in [4.69, 9.17) is 5.11 Å². The third-order valence-corrected chi connectivity index (χ3v) is 3.22. The minimum Gasteiger partial charge on any atom is -0.480 e. The summed E-state index contributed by atoms with van der Waals surface area (Å²) in [6.07, 6.45) is 4.09. The summed E-state index contributed by atoms with van der Waals surface area (Å²) in [7, 11) is 0. The molecule has 5 heteroatoms. The van der Waals surface area contributed by atoms with E-state index in [1.54, 1.807) is 11.8 Å². The third-order valence-electron chi connectivity index (χ3n) is 2.12. The van der Waals surface area contributed by atoms with E-state index in [0.717, 1.165) is 11.5 Å². The van der Waals surface area contributed by atoms with Crippen LogP contribution in [0.1, 0.15) is 39.5 Å². The minimum atomic E-state index is -0.954. The van der Waals surface area contributed by atoms with Gasteiger partial charge in [0.15, 0.2) is 0 Å². The largest absolute Gasteiger partial charge is 0.480 e. The minimum absolute atomic E-state index is 0.289. The number of carboxylic acids is 1. The molecule has 0 aliphatic carbocycles. The second-order valence-corrected chi connectivity index (χ2v) is 4.92. The summed E-state index contributed by atoms with van der Waals surface area (Å²) in [5.74, 6) is 0.606. The summed E-state index contributed by atoms with van der Waals surface area (Å²) in [6, 6.07) is -0.740. The van der Waals surface area contributed by atoms with Gasteiger partial charge in [-0.1, -0.05) is 19.8 Å².